The second-order valence-corrected chi connectivity index (χ2v) is 4.06. The molecule has 0 saturated heterocycles. The quantitative estimate of drug-likeness (QED) is 0.876. The van der Waals surface area contributed by atoms with Crippen LogP contribution in [0.3, 0.4) is 0 Å². The van der Waals surface area contributed by atoms with Crippen molar-refractivity contribution < 1.29 is 0 Å². The van der Waals surface area contributed by atoms with Gasteiger partial charge in [-0.05, 0) is 36.8 Å². The van der Waals surface area contributed by atoms with E-state index in [1.165, 1.54) is 0 Å². The lowest BCUT2D eigenvalue weighted by atomic mass is 10.2. The minimum absolute atomic E-state index is 0.401. The molecule has 0 amide bonds. The molecule has 0 unspecified atom stereocenters. The third-order valence-electron chi connectivity index (χ3n) is 2.36. The van der Waals surface area contributed by atoms with Crippen molar-refractivity contribution >= 4 is 23.0 Å². The van der Waals surface area contributed by atoms with Crippen molar-refractivity contribution in [3.63, 3.8) is 0 Å². The van der Waals surface area contributed by atoms with Gasteiger partial charge >= 0.3 is 0 Å². The highest BCUT2D eigenvalue weighted by Crippen LogP contribution is 2.23. The van der Waals surface area contributed by atoms with E-state index in [1.807, 2.05) is 37.3 Å². The molecule has 1 heterocycles. The number of hydrogen-bond donors (Lipinski definition) is 1. The summed E-state index contributed by atoms with van der Waals surface area (Å²) in [5.41, 5.74) is 3.26. The molecule has 1 N–H and O–H groups in total. The Morgan fingerprint density at radius 3 is 2.76 bits per heavy atom. The molecule has 17 heavy (non-hydrogen) atoms. The van der Waals surface area contributed by atoms with Crippen molar-refractivity contribution in [2.75, 3.05) is 5.32 Å². The van der Waals surface area contributed by atoms with Crippen LogP contribution in [0.4, 0.5) is 11.4 Å². The summed E-state index contributed by atoms with van der Waals surface area (Å²) in [6, 6.07) is 11.1. The minimum Gasteiger partial charge on any atom is -0.354 e. The Bertz CT molecular complexity index is 570. The topological polar surface area (TPSA) is 48.7 Å². The van der Waals surface area contributed by atoms with Crippen LogP contribution in [-0.4, -0.2) is 4.98 Å². The first-order valence-electron chi connectivity index (χ1n) is 5.08. The van der Waals surface area contributed by atoms with Gasteiger partial charge in [-0.25, -0.2) is 4.98 Å². The Morgan fingerprint density at radius 1 is 1.29 bits per heavy atom. The standard InChI is InChI=1S/C13H10ClN3/c1-9-2-3-10(14)6-13(9)17-12-5-4-11(7-15)16-8-12/h2-6,8,17H,1H3. The Morgan fingerprint density at radius 2 is 2.12 bits per heavy atom. The van der Waals surface area contributed by atoms with Crippen molar-refractivity contribution in [2.24, 2.45) is 0 Å². The summed E-state index contributed by atoms with van der Waals surface area (Å²) < 4.78 is 0. The van der Waals surface area contributed by atoms with Crippen LogP contribution < -0.4 is 5.32 Å². The fourth-order valence-corrected chi connectivity index (χ4v) is 1.59. The third kappa shape index (κ3) is 2.74. The molecule has 0 spiro atoms. The number of nitriles is 1. The summed E-state index contributed by atoms with van der Waals surface area (Å²) in [6.45, 7) is 2.00. The molecule has 1 aromatic heterocycles. The Hall–Kier alpha value is -2.05. The summed E-state index contributed by atoms with van der Waals surface area (Å²) in [5, 5.41) is 12.5. The van der Waals surface area contributed by atoms with Crippen LogP contribution in [0.15, 0.2) is 36.5 Å². The fourth-order valence-electron chi connectivity index (χ4n) is 1.42. The highest BCUT2D eigenvalue weighted by atomic mass is 35.5. The SMILES string of the molecule is Cc1ccc(Cl)cc1Nc1ccc(C#N)nc1. The maximum absolute atomic E-state index is 8.65. The van der Waals surface area contributed by atoms with Gasteiger partial charge in [0.2, 0.25) is 0 Å². The van der Waals surface area contributed by atoms with E-state index in [9.17, 15) is 0 Å². The number of benzene rings is 1. The average molecular weight is 244 g/mol. The van der Waals surface area contributed by atoms with E-state index in [0.29, 0.717) is 10.7 Å². The molecule has 0 fully saturated rings. The van der Waals surface area contributed by atoms with Gasteiger partial charge in [-0.2, -0.15) is 5.26 Å². The van der Waals surface area contributed by atoms with Crippen LogP contribution in [0.25, 0.3) is 0 Å². The lowest BCUT2D eigenvalue weighted by Crippen LogP contribution is -1.94. The number of aryl methyl sites for hydroxylation is 1. The minimum atomic E-state index is 0.401. The van der Waals surface area contributed by atoms with Gasteiger partial charge in [-0.1, -0.05) is 17.7 Å². The zero-order chi connectivity index (χ0) is 12.3. The van der Waals surface area contributed by atoms with Gasteiger partial charge in [-0.3, -0.25) is 0 Å². The van der Waals surface area contributed by atoms with Crippen LogP contribution in [0.5, 0.6) is 0 Å². The highest BCUT2D eigenvalue weighted by Gasteiger charge is 2.00. The van der Waals surface area contributed by atoms with Crippen molar-refractivity contribution in [3.8, 4) is 6.07 Å². The van der Waals surface area contributed by atoms with Crippen LogP contribution in [-0.2, 0) is 0 Å². The first kappa shape index (κ1) is 11.4. The molecular formula is C13H10ClN3. The summed E-state index contributed by atoms with van der Waals surface area (Å²) in [4.78, 5) is 3.99. The van der Waals surface area contributed by atoms with Gasteiger partial charge in [0.05, 0.1) is 11.9 Å². The van der Waals surface area contributed by atoms with Gasteiger partial charge in [-0.15, -0.1) is 0 Å². The molecule has 2 aromatic rings. The Kier molecular flexibility index (Phi) is 3.27. The first-order chi connectivity index (χ1) is 8.19. The molecular weight excluding hydrogens is 234 g/mol. The molecule has 0 aliphatic carbocycles. The second kappa shape index (κ2) is 4.86. The molecule has 0 atom stereocenters. The first-order valence-corrected chi connectivity index (χ1v) is 5.46. The lowest BCUT2D eigenvalue weighted by molar-refractivity contribution is 1.26. The van der Waals surface area contributed by atoms with Crippen molar-refractivity contribution in [1.29, 1.82) is 5.26 Å². The van der Waals surface area contributed by atoms with E-state index in [-0.39, 0.29) is 0 Å². The highest BCUT2D eigenvalue weighted by molar-refractivity contribution is 6.30. The summed E-state index contributed by atoms with van der Waals surface area (Å²) in [5.74, 6) is 0. The van der Waals surface area contributed by atoms with Gasteiger partial charge in [0, 0.05) is 10.7 Å². The van der Waals surface area contributed by atoms with Gasteiger partial charge in [0.1, 0.15) is 11.8 Å². The van der Waals surface area contributed by atoms with Crippen molar-refractivity contribution in [1.82, 2.24) is 4.98 Å². The number of pyridine rings is 1. The van der Waals surface area contributed by atoms with Crippen molar-refractivity contribution in [2.45, 2.75) is 6.92 Å². The van der Waals surface area contributed by atoms with E-state index in [1.54, 1.807) is 12.3 Å². The van der Waals surface area contributed by atoms with E-state index in [0.717, 1.165) is 16.9 Å². The molecule has 0 saturated carbocycles. The van der Waals surface area contributed by atoms with Crippen LogP contribution in [0.1, 0.15) is 11.3 Å². The van der Waals surface area contributed by atoms with E-state index in [2.05, 4.69) is 10.3 Å². The fraction of sp³-hybridized carbons (Fsp3) is 0.0769. The predicted molar refractivity (Wildman–Crippen MR) is 68.4 cm³/mol. The van der Waals surface area contributed by atoms with E-state index < -0.39 is 0 Å². The summed E-state index contributed by atoms with van der Waals surface area (Å²) in [7, 11) is 0. The zero-order valence-corrected chi connectivity index (χ0v) is 9.99. The number of rotatable bonds is 2. The predicted octanol–water partition coefficient (Wildman–Crippen LogP) is 3.66. The molecule has 2 rings (SSSR count). The van der Waals surface area contributed by atoms with Crippen LogP contribution >= 0.6 is 11.6 Å². The smallest absolute Gasteiger partial charge is 0.140 e. The maximum atomic E-state index is 8.65. The third-order valence-corrected chi connectivity index (χ3v) is 2.59. The summed E-state index contributed by atoms with van der Waals surface area (Å²) in [6.07, 6.45) is 1.62. The molecule has 0 bridgehead atoms. The normalized spacial score (nSPS) is 9.71. The van der Waals surface area contributed by atoms with E-state index >= 15 is 0 Å². The maximum Gasteiger partial charge on any atom is 0.140 e. The average Bonchev–Trinajstić information content (AvgIpc) is 2.35. The summed E-state index contributed by atoms with van der Waals surface area (Å²) >= 11 is 5.93. The lowest BCUT2D eigenvalue weighted by Gasteiger charge is -2.09. The molecule has 0 radical (unpaired) electrons. The van der Waals surface area contributed by atoms with Crippen molar-refractivity contribution in [3.05, 3.63) is 52.8 Å². The van der Waals surface area contributed by atoms with Crippen LogP contribution in [0.2, 0.25) is 5.02 Å². The number of hydrogen-bond acceptors (Lipinski definition) is 3. The number of nitrogens with one attached hydrogen (secondary N) is 1. The molecule has 3 nitrogen and oxygen atoms in total. The number of anilines is 2. The molecule has 1 aromatic carbocycles. The second-order valence-electron chi connectivity index (χ2n) is 3.63. The Labute approximate surface area is 105 Å². The molecule has 4 heteroatoms. The van der Waals surface area contributed by atoms with Gasteiger partial charge in [0.25, 0.3) is 0 Å². The van der Waals surface area contributed by atoms with Gasteiger partial charge in [0.15, 0.2) is 0 Å². The largest absolute Gasteiger partial charge is 0.354 e. The Balaban J connectivity index is 2.25. The van der Waals surface area contributed by atoms with Crippen LogP contribution in [0, 0.1) is 18.3 Å². The number of aromatic nitrogens is 1. The van der Waals surface area contributed by atoms with E-state index in [4.69, 9.17) is 16.9 Å². The molecule has 84 valence electrons. The number of halogens is 1. The van der Waals surface area contributed by atoms with Gasteiger partial charge < -0.3 is 5.32 Å². The molecule has 0 aliphatic heterocycles. The number of nitrogens with zero attached hydrogens (tertiary/aromatic N) is 2. The zero-order valence-electron chi connectivity index (χ0n) is 9.24. The monoisotopic (exact) mass is 243 g/mol. The molecule has 0 aliphatic rings.